The van der Waals surface area contributed by atoms with Crippen molar-refractivity contribution in [1.82, 2.24) is 0 Å². The zero-order valence-electron chi connectivity index (χ0n) is 33.7. The van der Waals surface area contributed by atoms with Gasteiger partial charge in [-0.3, -0.25) is 0 Å². The Kier molecular flexibility index (Phi) is 6.95. The lowest BCUT2D eigenvalue weighted by molar-refractivity contribution is 1.73. The molecule has 0 N–H and O–H groups in total. The van der Waals surface area contributed by atoms with E-state index >= 15 is 0 Å². The summed E-state index contributed by atoms with van der Waals surface area (Å²) in [7, 11) is 0. The molecule has 15 aromatic rings. The van der Waals surface area contributed by atoms with E-state index in [2.05, 4.69) is 194 Å². The molecular formula is C60H32S3. The van der Waals surface area contributed by atoms with Gasteiger partial charge in [0.15, 0.2) is 0 Å². The van der Waals surface area contributed by atoms with Crippen molar-refractivity contribution in [2.24, 2.45) is 0 Å². The van der Waals surface area contributed by atoms with E-state index in [1.54, 1.807) is 0 Å². The molecule has 0 unspecified atom stereocenters. The first-order valence-corrected chi connectivity index (χ1v) is 24.0. The van der Waals surface area contributed by atoms with Crippen LogP contribution in [0.2, 0.25) is 0 Å². The Morgan fingerprint density at radius 1 is 0.190 bits per heavy atom. The summed E-state index contributed by atoms with van der Waals surface area (Å²) >= 11 is 5.73. The third-order valence-electron chi connectivity index (χ3n) is 13.8. The Labute approximate surface area is 373 Å². The number of benzene rings is 12. The van der Waals surface area contributed by atoms with Crippen molar-refractivity contribution >= 4 is 159 Å². The van der Waals surface area contributed by atoms with E-state index in [1.807, 2.05) is 34.0 Å². The van der Waals surface area contributed by atoms with E-state index in [9.17, 15) is 0 Å². The van der Waals surface area contributed by atoms with Gasteiger partial charge in [0.05, 0.1) is 0 Å². The molecule has 0 aliphatic heterocycles. The summed E-state index contributed by atoms with van der Waals surface area (Å²) in [6, 6.07) is 73.6. The van der Waals surface area contributed by atoms with Crippen molar-refractivity contribution in [3.8, 4) is 22.3 Å². The van der Waals surface area contributed by atoms with Gasteiger partial charge in [0.2, 0.25) is 0 Å². The maximum Gasteiger partial charge on any atom is 0.0433 e. The van der Waals surface area contributed by atoms with Gasteiger partial charge in [-0.15, -0.1) is 34.0 Å². The number of hydrogen-bond donors (Lipinski definition) is 0. The molecule has 290 valence electrons. The molecular weight excluding hydrogens is 817 g/mol. The van der Waals surface area contributed by atoms with Gasteiger partial charge in [-0.25, -0.2) is 0 Å². The molecule has 3 aromatic heterocycles. The van der Waals surface area contributed by atoms with Gasteiger partial charge in [-0.1, -0.05) is 146 Å². The number of thiophene rings is 3. The molecule has 12 aromatic carbocycles. The first kappa shape index (κ1) is 34.4. The van der Waals surface area contributed by atoms with Crippen LogP contribution in [0.3, 0.4) is 0 Å². The van der Waals surface area contributed by atoms with Crippen LogP contribution in [0, 0.1) is 0 Å². The zero-order chi connectivity index (χ0) is 40.9. The van der Waals surface area contributed by atoms with Gasteiger partial charge < -0.3 is 0 Å². The third kappa shape index (κ3) is 4.79. The van der Waals surface area contributed by atoms with Crippen molar-refractivity contribution < 1.29 is 0 Å². The van der Waals surface area contributed by atoms with Crippen molar-refractivity contribution in [2.75, 3.05) is 0 Å². The monoisotopic (exact) mass is 848 g/mol. The molecule has 0 saturated heterocycles. The molecule has 0 fully saturated rings. The molecule has 0 saturated carbocycles. The van der Waals surface area contributed by atoms with Crippen LogP contribution in [-0.4, -0.2) is 0 Å². The number of rotatable bonds is 2. The van der Waals surface area contributed by atoms with E-state index < -0.39 is 0 Å². The molecule has 63 heavy (non-hydrogen) atoms. The normalized spacial score (nSPS) is 12.4. The third-order valence-corrected chi connectivity index (χ3v) is 17.4. The predicted molar refractivity (Wildman–Crippen MR) is 281 cm³/mol. The van der Waals surface area contributed by atoms with Gasteiger partial charge >= 0.3 is 0 Å². The van der Waals surface area contributed by atoms with Crippen molar-refractivity contribution in [3.05, 3.63) is 194 Å². The lowest BCUT2D eigenvalue weighted by Gasteiger charge is -2.13. The lowest BCUT2D eigenvalue weighted by Crippen LogP contribution is -1.86. The summed E-state index contributed by atoms with van der Waals surface area (Å²) in [6.45, 7) is 0. The van der Waals surface area contributed by atoms with Crippen LogP contribution in [-0.2, 0) is 0 Å². The molecule has 0 aliphatic carbocycles. The SMILES string of the molecule is c1ccc2c(c1)sc1c(-c3ccc4c(c3)c3ccccc3c3cc5c(cc43)sc3cc4c6ccc(-c7cccc8c7sc7ccccc78)cc6c6ccccc6c4cc35)cccc12. The maximum absolute atomic E-state index is 2.49. The Morgan fingerprint density at radius 3 is 0.984 bits per heavy atom. The van der Waals surface area contributed by atoms with E-state index in [-0.39, 0.29) is 0 Å². The number of fused-ring (bicyclic) bond motifs is 21. The molecule has 3 heteroatoms. The van der Waals surface area contributed by atoms with Crippen LogP contribution in [0.15, 0.2) is 194 Å². The molecule has 0 amide bonds. The fraction of sp³-hybridized carbons (Fsp3) is 0. The molecule has 0 atom stereocenters. The fourth-order valence-corrected chi connectivity index (χ4v) is 14.6. The Hall–Kier alpha value is -7.14. The molecule has 3 heterocycles. The lowest BCUT2D eigenvalue weighted by atomic mass is 9.90. The summed E-state index contributed by atoms with van der Waals surface area (Å²) in [5.41, 5.74) is 5.14. The summed E-state index contributed by atoms with van der Waals surface area (Å²) in [4.78, 5) is 0. The molecule has 15 rings (SSSR count). The summed E-state index contributed by atoms with van der Waals surface area (Å²) in [5.74, 6) is 0. The minimum atomic E-state index is 1.27. The van der Waals surface area contributed by atoms with Crippen molar-refractivity contribution in [3.63, 3.8) is 0 Å². The van der Waals surface area contributed by atoms with Gasteiger partial charge in [-0.05, 0) is 135 Å². The van der Waals surface area contributed by atoms with Gasteiger partial charge in [0.1, 0.15) is 0 Å². The fourth-order valence-electron chi connectivity index (χ4n) is 11.0. The molecule has 0 nitrogen and oxygen atoms in total. The van der Waals surface area contributed by atoms with Crippen molar-refractivity contribution in [1.29, 1.82) is 0 Å². The Morgan fingerprint density at radius 2 is 0.540 bits per heavy atom. The summed E-state index contributed by atoms with van der Waals surface area (Å²) < 4.78 is 8.04. The summed E-state index contributed by atoms with van der Waals surface area (Å²) in [5, 5.41) is 23.7. The second-order valence-electron chi connectivity index (χ2n) is 17.1. The van der Waals surface area contributed by atoms with E-state index in [4.69, 9.17) is 0 Å². The van der Waals surface area contributed by atoms with E-state index in [0.29, 0.717) is 0 Å². The zero-order valence-corrected chi connectivity index (χ0v) is 36.1. The molecule has 0 radical (unpaired) electrons. The van der Waals surface area contributed by atoms with Gasteiger partial charge in [0.25, 0.3) is 0 Å². The van der Waals surface area contributed by atoms with Crippen LogP contribution >= 0.6 is 34.0 Å². The predicted octanol–water partition coefficient (Wildman–Crippen LogP) is 19.0. The van der Waals surface area contributed by atoms with Crippen LogP contribution < -0.4 is 0 Å². The van der Waals surface area contributed by atoms with Crippen molar-refractivity contribution in [2.45, 2.75) is 0 Å². The standard InChI is InChI=1S/C60H32S3/c1-3-13-39-37(11-1)47-27-33(35-17-9-19-45-43-15-5-7-21-55(43)62-59(35)45)23-25-41(47)51-31-57-53(29-49(39)51)54-30-50-40-14-4-2-12-38(40)48-28-34(24-26-42(48)52(50)32-58(54)61-57)36-18-10-20-46-44-16-6-8-22-56(44)63-60(36)46/h1-32H. The second kappa shape index (κ2) is 12.7. The smallest absolute Gasteiger partial charge is 0.0433 e. The number of hydrogen-bond acceptors (Lipinski definition) is 3. The van der Waals surface area contributed by atoms with Crippen LogP contribution in [0.5, 0.6) is 0 Å². The first-order valence-electron chi connectivity index (χ1n) is 21.6. The highest BCUT2D eigenvalue weighted by molar-refractivity contribution is 7.27. The quantitative estimate of drug-likeness (QED) is 0.152. The Bertz CT molecular complexity index is 4210. The van der Waals surface area contributed by atoms with Crippen LogP contribution in [0.4, 0.5) is 0 Å². The average Bonchev–Trinajstić information content (AvgIpc) is 4.03. The van der Waals surface area contributed by atoms with Gasteiger partial charge in [0, 0.05) is 60.5 Å². The van der Waals surface area contributed by atoms with Crippen LogP contribution in [0.1, 0.15) is 0 Å². The van der Waals surface area contributed by atoms with Gasteiger partial charge in [-0.2, -0.15) is 0 Å². The van der Waals surface area contributed by atoms with E-state index in [1.165, 1.54) is 147 Å². The minimum absolute atomic E-state index is 1.27. The average molecular weight is 849 g/mol. The molecule has 0 bridgehead atoms. The molecule has 0 aliphatic rings. The molecule has 0 spiro atoms. The first-order chi connectivity index (χ1) is 31.2. The maximum atomic E-state index is 2.49. The largest absolute Gasteiger partial charge is 0.135 e. The van der Waals surface area contributed by atoms with Crippen LogP contribution in [0.25, 0.3) is 147 Å². The highest BCUT2D eigenvalue weighted by Crippen LogP contribution is 2.48. The second-order valence-corrected chi connectivity index (χ2v) is 20.3. The topological polar surface area (TPSA) is 0 Å². The highest BCUT2D eigenvalue weighted by Gasteiger charge is 2.19. The summed E-state index contributed by atoms with van der Waals surface area (Å²) in [6.07, 6.45) is 0. The Balaban J connectivity index is 0.953. The minimum Gasteiger partial charge on any atom is -0.135 e. The van der Waals surface area contributed by atoms with E-state index in [0.717, 1.165) is 0 Å². The highest BCUT2D eigenvalue weighted by atomic mass is 32.1.